The van der Waals surface area contributed by atoms with E-state index in [1.54, 1.807) is 4.68 Å². The van der Waals surface area contributed by atoms with E-state index in [2.05, 4.69) is 20.6 Å². The average Bonchev–Trinajstić information content (AvgIpc) is 2.87. The Morgan fingerprint density at radius 1 is 1.33 bits per heavy atom. The van der Waals surface area contributed by atoms with Crippen molar-refractivity contribution in [1.29, 1.82) is 0 Å². The van der Waals surface area contributed by atoms with Gasteiger partial charge < -0.3 is 11.1 Å². The molecule has 92 valence electrons. The molecule has 2 heterocycles. The highest BCUT2D eigenvalue weighted by molar-refractivity contribution is 5.92. The molecule has 0 aliphatic heterocycles. The van der Waals surface area contributed by atoms with E-state index < -0.39 is 0 Å². The number of aromatic amines is 1. The van der Waals surface area contributed by atoms with Crippen LogP contribution in [0.4, 0.5) is 17.3 Å². The molecule has 0 atom stereocenters. The number of aromatic nitrogens is 4. The van der Waals surface area contributed by atoms with Gasteiger partial charge in [-0.3, -0.25) is 9.78 Å². The molecule has 0 fully saturated rings. The Balaban J connectivity index is 2.07. The van der Waals surface area contributed by atoms with Gasteiger partial charge in [0.1, 0.15) is 11.5 Å². The molecule has 1 aromatic carbocycles. The van der Waals surface area contributed by atoms with Crippen LogP contribution in [0.15, 0.2) is 24.3 Å². The van der Waals surface area contributed by atoms with Crippen LogP contribution in [-0.2, 0) is 7.05 Å². The standard InChI is InChI=1S/C12H14N6/c1-7-10(11(13)18(2)17-7)14-12-8-5-3-4-6-9(8)15-16-12/h3-6H,13H2,1-2H3,(H2,14,15,16). The molecule has 0 amide bonds. The monoisotopic (exact) mass is 242 g/mol. The maximum atomic E-state index is 5.96. The van der Waals surface area contributed by atoms with Crippen LogP contribution in [0.5, 0.6) is 0 Å². The lowest BCUT2D eigenvalue weighted by atomic mass is 10.2. The summed E-state index contributed by atoms with van der Waals surface area (Å²) in [7, 11) is 1.82. The van der Waals surface area contributed by atoms with Crippen molar-refractivity contribution >= 4 is 28.2 Å². The number of aryl methyl sites for hydroxylation is 2. The predicted octanol–water partition coefficient (Wildman–Crippen LogP) is 1.93. The summed E-state index contributed by atoms with van der Waals surface area (Å²) in [4.78, 5) is 0. The second kappa shape index (κ2) is 3.76. The molecular formula is C12H14N6. The molecule has 0 saturated carbocycles. The molecule has 18 heavy (non-hydrogen) atoms. The fourth-order valence-electron chi connectivity index (χ4n) is 2.01. The fourth-order valence-corrected chi connectivity index (χ4v) is 2.01. The summed E-state index contributed by atoms with van der Waals surface area (Å²) < 4.78 is 1.65. The second-order valence-electron chi connectivity index (χ2n) is 4.21. The quantitative estimate of drug-likeness (QED) is 0.641. The van der Waals surface area contributed by atoms with Gasteiger partial charge in [-0.15, -0.1) is 0 Å². The maximum absolute atomic E-state index is 5.96. The van der Waals surface area contributed by atoms with E-state index in [4.69, 9.17) is 5.73 Å². The molecule has 0 saturated heterocycles. The zero-order chi connectivity index (χ0) is 12.7. The van der Waals surface area contributed by atoms with Crippen LogP contribution in [-0.4, -0.2) is 20.0 Å². The molecule has 0 aliphatic carbocycles. The Morgan fingerprint density at radius 2 is 2.11 bits per heavy atom. The van der Waals surface area contributed by atoms with Gasteiger partial charge >= 0.3 is 0 Å². The summed E-state index contributed by atoms with van der Waals surface area (Å²) in [6, 6.07) is 7.92. The Hall–Kier alpha value is -2.50. The highest BCUT2D eigenvalue weighted by Crippen LogP contribution is 2.28. The van der Waals surface area contributed by atoms with Crippen LogP contribution in [0.25, 0.3) is 10.9 Å². The first-order chi connectivity index (χ1) is 8.66. The highest BCUT2D eigenvalue weighted by atomic mass is 15.3. The number of hydrogen-bond acceptors (Lipinski definition) is 4. The summed E-state index contributed by atoms with van der Waals surface area (Å²) >= 11 is 0. The van der Waals surface area contributed by atoms with Crippen molar-refractivity contribution in [2.24, 2.45) is 7.05 Å². The van der Waals surface area contributed by atoms with Gasteiger partial charge in [-0.25, -0.2) is 0 Å². The zero-order valence-corrected chi connectivity index (χ0v) is 10.2. The summed E-state index contributed by atoms with van der Waals surface area (Å²) in [5.74, 6) is 1.35. The Kier molecular flexibility index (Phi) is 2.22. The number of fused-ring (bicyclic) bond motifs is 1. The molecule has 4 N–H and O–H groups in total. The minimum atomic E-state index is 0.597. The van der Waals surface area contributed by atoms with Crippen molar-refractivity contribution in [2.45, 2.75) is 6.92 Å². The number of para-hydroxylation sites is 1. The summed E-state index contributed by atoms with van der Waals surface area (Å²) in [5.41, 5.74) is 8.60. The number of H-pyrrole nitrogens is 1. The van der Waals surface area contributed by atoms with Crippen molar-refractivity contribution in [1.82, 2.24) is 20.0 Å². The molecule has 0 spiro atoms. The number of benzene rings is 1. The Labute approximate surface area is 104 Å². The molecular weight excluding hydrogens is 228 g/mol. The van der Waals surface area contributed by atoms with E-state index in [9.17, 15) is 0 Å². The average molecular weight is 242 g/mol. The van der Waals surface area contributed by atoms with E-state index in [0.29, 0.717) is 5.82 Å². The molecule has 6 nitrogen and oxygen atoms in total. The van der Waals surface area contributed by atoms with Gasteiger partial charge in [0.05, 0.1) is 11.2 Å². The summed E-state index contributed by atoms with van der Waals surface area (Å²) in [5, 5.41) is 15.8. The lowest BCUT2D eigenvalue weighted by Crippen LogP contribution is -2.00. The van der Waals surface area contributed by atoms with Crippen LogP contribution in [0.1, 0.15) is 5.69 Å². The Bertz CT molecular complexity index is 709. The Morgan fingerprint density at radius 3 is 2.83 bits per heavy atom. The van der Waals surface area contributed by atoms with Crippen LogP contribution in [0.2, 0.25) is 0 Å². The smallest absolute Gasteiger partial charge is 0.160 e. The number of nitrogens with zero attached hydrogens (tertiary/aromatic N) is 3. The predicted molar refractivity (Wildman–Crippen MR) is 71.7 cm³/mol. The third-order valence-corrected chi connectivity index (χ3v) is 2.98. The molecule has 0 bridgehead atoms. The molecule has 0 aliphatic rings. The molecule has 2 aromatic heterocycles. The molecule has 3 rings (SSSR count). The lowest BCUT2D eigenvalue weighted by molar-refractivity contribution is 0.767. The molecule has 0 radical (unpaired) electrons. The number of anilines is 3. The van der Waals surface area contributed by atoms with Gasteiger partial charge in [-0.05, 0) is 19.1 Å². The van der Waals surface area contributed by atoms with E-state index in [1.165, 1.54) is 0 Å². The topological polar surface area (TPSA) is 84.6 Å². The maximum Gasteiger partial charge on any atom is 0.160 e. The first-order valence-corrected chi connectivity index (χ1v) is 5.66. The minimum absolute atomic E-state index is 0.597. The zero-order valence-electron chi connectivity index (χ0n) is 10.2. The molecule has 6 heteroatoms. The fraction of sp³-hybridized carbons (Fsp3) is 0.167. The van der Waals surface area contributed by atoms with Crippen LogP contribution < -0.4 is 11.1 Å². The number of hydrogen-bond donors (Lipinski definition) is 3. The first-order valence-electron chi connectivity index (χ1n) is 5.66. The van der Waals surface area contributed by atoms with Crippen molar-refractivity contribution in [3.63, 3.8) is 0 Å². The number of nitrogens with one attached hydrogen (secondary N) is 2. The van der Waals surface area contributed by atoms with Crippen LogP contribution >= 0.6 is 0 Å². The van der Waals surface area contributed by atoms with E-state index in [0.717, 1.165) is 28.1 Å². The van der Waals surface area contributed by atoms with E-state index >= 15 is 0 Å². The van der Waals surface area contributed by atoms with Gasteiger partial charge in [0.25, 0.3) is 0 Å². The first kappa shape index (κ1) is 10.6. The largest absolute Gasteiger partial charge is 0.382 e. The van der Waals surface area contributed by atoms with Crippen molar-refractivity contribution in [3.05, 3.63) is 30.0 Å². The van der Waals surface area contributed by atoms with Gasteiger partial charge in [0.2, 0.25) is 0 Å². The van der Waals surface area contributed by atoms with Gasteiger partial charge in [-0.2, -0.15) is 10.2 Å². The third kappa shape index (κ3) is 1.50. The van der Waals surface area contributed by atoms with Gasteiger partial charge in [0.15, 0.2) is 5.82 Å². The highest BCUT2D eigenvalue weighted by Gasteiger charge is 2.13. The SMILES string of the molecule is Cc1nn(C)c(N)c1Nc1n[nH]c2ccccc12. The minimum Gasteiger partial charge on any atom is -0.382 e. The molecule has 0 unspecified atom stereocenters. The second-order valence-corrected chi connectivity index (χ2v) is 4.21. The van der Waals surface area contributed by atoms with Crippen LogP contribution in [0, 0.1) is 6.92 Å². The number of nitrogens with two attached hydrogens (primary N) is 1. The van der Waals surface area contributed by atoms with Crippen molar-refractivity contribution in [3.8, 4) is 0 Å². The normalized spacial score (nSPS) is 11.0. The van der Waals surface area contributed by atoms with Crippen molar-refractivity contribution < 1.29 is 0 Å². The van der Waals surface area contributed by atoms with E-state index in [-0.39, 0.29) is 0 Å². The van der Waals surface area contributed by atoms with Gasteiger partial charge in [0, 0.05) is 12.4 Å². The summed E-state index contributed by atoms with van der Waals surface area (Å²) in [6.07, 6.45) is 0. The van der Waals surface area contributed by atoms with Crippen molar-refractivity contribution in [2.75, 3.05) is 11.1 Å². The number of rotatable bonds is 2. The third-order valence-electron chi connectivity index (χ3n) is 2.98. The summed E-state index contributed by atoms with van der Waals surface area (Å²) in [6.45, 7) is 1.91. The van der Waals surface area contributed by atoms with Crippen LogP contribution in [0.3, 0.4) is 0 Å². The number of nitrogen functional groups attached to an aromatic ring is 1. The molecule has 3 aromatic rings. The van der Waals surface area contributed by atoms with Gasteiger partial charge in [-0.1, -0.05) is 12.1 Å². The van der Waals surface area contributed by atoms with E-state index in [1.807, 2.05) is 38.2 Å². The lowest BCUT2D eigenvalue weighted by Gasteiger charge is -2.03.